The van der Waals surface area contributed by atoms with Crippen molar-refractivity contribution in [3.63, 3.8) is 0 Å². The predicted octanol–water partition coefficient (Wildman–Crippen LogP) is 5.34. The van der Waals surface area contributed by atoms with Gasteiger partial charge in [-0.15, -0.1) is 0 Å². The molecule has 0 radical (unpaired) electrons. The first-order valence-electron chi connectivity index (χ1n) is 10.3. The molecule has 0 bridgehead atoms. The van der Waals surface area contributed by atoms with Gasteiger partial charge in [-0.3, -0.25) is 4.40 Å². The Balaban J connectivity index is 1.89. The largest absolute Gasteiger partial charge is 0.380 e. The van der Waals surface area contributed by atoms with E-state index < -0.39 is 11.6 Å². The van der Waals surface area contributed by atoms with E-state index in [1.54, 1.807) is 19.4 Å². The van der Waals surface area contributed by atoms with Crippen molar-refractivity contribution in [2.75, 3.05) is 19.0 Å². The van der Waals surface area contributed by atoms with Gasteiger partial charge in [0.05, 0.1) is 18.0 Å². The van der Waals surface area contributed by atoms with Crippen molar-refractivity contribution >= 4 is 11.6 Å². The van der Waals surface area contributed by atoms with Gasteiger partial charge in [-0.25, -0.2) is 23.7 Å². The van der Waals surface area contributed by atoms with E-state index >= 15 is 0 Å². The number of hydrogen-bond donors (Lipinski definition) is 1. The fourth-order valence-corrected chi connectivity index (χ4v) is 3.38. The van der Waals surface area contributed by atoms with E-state index in [2.05, 4.69) is 41.0 Å². The number of halogens is 2. The lowest BCUT2D eigenvalue weighted by atomic mass is 9.97. The number of imidazole rings is 1. The summed E-state index contributed by atoms with van der Waals surface area (Å²) in [6.07, 6.45) is 3.50. The molecule has 0 aliphatic rings. The zero-order chi connectivity index (χ0) is 22.9. The van der Waals surface area contributed by atoms with Gasteiger partial charge in [-0.05, 0) is 41.3 Å². The minimum atomic E-state index is -0.688. The number of fused-ring (bicyclic) bond motifs is 1. The van der Waals surface area contributed by atoms with Crippen molar-refractivity contribution in [2.45, 2.75) is 27.4 Å². The number of rotatable bonds is 6. The second kappa shape index (κ2) is 8.63. The number of nitrogens with one attached hydrogen (secondary N) is 1. The van der Waals surface area contributed by atoms with Crippen molar-refractivity contribution in [1.82, 2.24) is 19.4 Å². The summed E-state index contributed by atoms with van der Waals surface area (Å²) in [6.45, 7) is 7.45. The van der Waals surface area contributed by atoms with Gasteiger partial charge >= 0.3 is 0 Å². The molecular weight excluding hydrogens is 412 g/mol. The number of hydrogen-bond acceptors (Lipinski definition) is 5. The smallest absolute Gasteiger partial charge is 0.223 e. The first-order valence-corrected chi connectivity index (χ1v) is 10.3. The fraction of sp³-hybridized carbons (Fsp3) is 0.292. The maximum atomic E-state index is 14.7. The summed E-state index contributed by atoms with van der Waals surface area (Å²) in [5.41, 5.74) is 3.31. The number of nitrogens with zero attached hydrogens (tertiary/aromatic N) is 4. The Morgan fingerprint density at radius 2 is 1.88 bits per heavy atom. The van der Waals surface area contributed by atoms with Gasteiger partial charge < -0.3 is 10.1 Å². The summed E-state index contributed by atoms with van der Waals surface area (Å²) < 4.78 is 35.4. The third-order valence-electron chi connectivity index (χ3n) is 4.86. The molecule has 3 aromatic heterocycles. The number of aromatic nitrogens is 4. The first kappa shape index (κ1) is 21.8. The molecule has 6 nitrogen and oxygen atoms in total. The second-order valence-electron chi connectivity index (χ2n) is 8.81. The Labute approximate surface area is 185 Å². The molecule has 1 N–H and O–H groups in total. The van der Waals surface area contributed by atoms with Crippen molar-refractivity contribution in [2.24, 2.45) is 5.41 Å². The maximum absolute atomic E-state index is 14.7. The summed E-state index contributed by atoms with van der Waals surface area (Å²) in [5.74, 6) is -0.865. The van der Waals surface area contributed by atoms with Gasteiger partial charge in [0.25, 0.3) is 0 Å². The third-order valence-corrected chi connectivity index (χ3v) is 4.86. The Kier molecular flexibility index (Phi) is 5.88. The molecule has 8 heteroatoms. The molecule has 0 unspecified atom stereocenters. The maximum Gasteiger partial charge on any atom is 0.223 e. The normalized spacial score (nSPS) is 11.8. The Bertz CT molecular complexity index is 1260. The van der Waals surface area contributed by atoms with Gasteiger partial charge in [-0.2, -0.15) is 0 Å². The highest BCUT2D eigenvalue weighted by Gasteiger charge is 2.21. The van der Waals surface area contributed by atoms with Crippen LogP contribution in [-0.2, 0) is 11.3 Å². The lowest BCUT2D eigenvalue weighted by Gasteiger charge is -2.18. The van der Waals surface area contributed by atoms with Gasteiger partial charge in [0, 0.05) is 37.7 Å². The highest BCUT2D eigenvalue weighted by atomic mass is 19.1. The molecule has 0 aliphatic heterocycles. The predicted molar refractivity (Wildman–Crippen MR) is 120 cm³/mol. The highest BCUT2D eigenvalue weighted by molar-refractivity contribution is 5.81. The molecule has 0 fully saturated rings. The van der Waals surface area contributed by atoms with Gasteiger partial charge in [0.15, 0.2) is 0 Å². The molecular formula is C24H25F2N5O. The van der Waals surface area contributed by atoms with Crippen LogP contribution >= 0.6 is 0 Å². The van der Waals surface area contributed by atoms with E-state index in [9.17, 15) is 8.78 Å². The van der Waals surface area contributed by atoms with Crippen molar-refractivity contribution in [3.8, 4) is 22.6 Å². The summed E-state index contributed by atoms with van der Waals surface area (Å²) in [6, 6.07) is 9.00. The molecule has 166 valence electrons. The number of methoxy groups -OCH3 is 1. The minimum absolute atomic E-state index is 0.0445. The van der Waals surface area contributed by atoms with Crippen LogP contribution in [0.1, 0.15) is 26.3 Å². The van der Waals surface area contributed by atoms with Crippen LogP contribution in [0.25, 0.3) is 28.3 Å². The molecule has 3 heterocycles. The second-order valence-corrected chi connectivity index (χ2v) is 8.81. The molecule has 4 aromatic rings. The lowest BCUT2D eigenvalue weighted by Crippen LogP contribution is -2.20. The number of benzene rings is 1. The van der Waals surface area contributed by atoms with Crippen LogP contribution in [0.15, 0.2) is 48.8 Å². The van der Waals surface area contributed by atoms with E-state index in [1.165, 1.54) is 12.1 Å². The number of ether oxygens (including phenoxy) is 1. The molecule has 0 saturated carbocycles. The van der Waals surface area contributed by atoms with Gasteiger partial charge in [0.2, 0.25) is 5.95 Å². The molecule has 0 amide bonds. The van der Waals surface area contributed by atoms with Crippen molar-refractivity contribution in [1.29, 1.82) is 0 Å². The highest BCUT2D eigenvalue weighted by Crippen LogP contribution is 2.34. The number of anilines is 1. The van der Waals surface area contributed by atoms with Crippen molar-refractivity contribution in [3.05, 3.63) is 66.0 Å². The van der Waals surface area contributed by atoms with E-state index in [1.807, 2.05) is 22.7 Å². The topological polar surface area (TPSA) is 64.3 Å². The summed E-state index contributed by atoms with van der Waals surface area (Å²) in [4.78, 5) is 13.6. The molecule has 4 rings (SSSR count). The average molecular weight is 437 g/mol. The molecule has 0 spiro atoms. The first-order chi connectivity index (χ1) is 15.2. The zero-order valence-corrected chi connectivity index (χ0v) is 18.5. The summed E-state index contributed by atoms with van der Waals surface area (Å²) in [7, 11) is 1.62. The SMILES string of the molecule is COCc1ccn2c(-c3ccnc(NCC(C)(C)C)n3)c(-c3ccc(F)cc3F)nc2c1. The fourth-order valence-electron chi connectivity index (χ4n) is 3.38. The Morgan fingerprint density at radius 1 is 1.06 bits per heavy atom. The number of pyridine rings is 1. The molecule has 0 aliphatic carbocycles. The zero-order valence-electron chi connectivity index (χ0n) is 18.5. The van der Waals surface area contributed by atoms with Crippen LogP contribution in [0.2, 0.25) is 0 Å². The monoisotopic (exact) mass is 437 g/mol. The van der Waals surface area contributed by atoms with E-state index in [0.29, 0.717) is 41.8 Å². The van der Waals surface area contributed by atoms with Crippen LogP contribution in [-0.4, -0.2) is 33.0 Å². The molecule has 0 atom stereocenters. The van der Waals surface area contributed by atoms with Crippen LogP contribution in [0.5, 0.6) is 0 Å². The van der Waals surface area contributed by atoms with Gasteiger partial charge in [-0.1, -0.05) is 20.8 Å². The Hall–Kier alpha value is -3.39. The molecule has 32 heavy (non-hydrogen) atoms. The van der Waals surface area contributed by atoms with Crippen LogP contribution < -0.4 is 5.32 Å². The summed E-state index contributed by atoms with van der Waals surface area (Å²) >= 11 is 0. The molecule has 1 aromatic carbocycles. The van der Waals surface area contributed by atoms with E-state index in [0.717, 1.165) is 11.6 Å². The standard InChI is InChI=1S/C24H25F2N5O/c1-24(2,3)14-28-23-27-9-7-19(29-23)22-21(17-6-5-16(25)12-18(17)26)30-20-11-15(13-32-4)8-10-31(20)22/h5-12H,13-14H2,1-4H3,(H,27,28,29). The minimum Gasteiger partial charge on any atom is -0.380 e. The third kappa shape index (κ3) is 4.60. The van der Waals surface area contributed by atoms with Crippen LogP contribution in [0.4, 0.5) is 14.7 Å². The summed E-state index contributed by atoms with van der Waals surface area (Å²) in [5, 5.41) is 3.25. The van der Waals surface area contributed by atoms with E-state index in [4.69, 9.17) is 4.74 Å². The molecule has 0 saturated heterocycles. The van der Waals surface area contributed by atoms with Crippen molar-refractivity contribution < 1.29 is 13.5 Å². The van der Waals surface area contributed by atoms with Gasteiger partial charge in [0.1, 0.15) is 23.0 Å². The van der Waals surface area contributed by atoms with Crippen LogP contribution in [0, 0.1) is 17.0 Å². The lowest BCUT2D eigenvalue weighted by molar-refractivity contribution is 0.185. The Morgan fingerprint density at radius 3 is 2.59 bits per heavy atom. The average Bonchev–Trinajstić information content (AvgIpc) is 3.10. The quantitative estimate of drug-likeness (QED) is 0.441. The van der Waals surface area contributed by atoms with E-state index in [-0.39, 0.29) is 11.0 Å². The van der Waals surface area contributed by atoms with Crippen LogP contribution in [0.3, 0.4) is 0 Å².